The molecule has 0 aromatic heterocycles. The van der Waals surface area contributed by atoms with Crippen molar-refractivity contribution in [1.82, 2.24) is 5.32 Å². The fourth-order valence-corrected chi connectivity index (χ4v) is 3.48. The third-order valence-electron chi connectivity index (χ3n) is 3.62. The Balaban J connectivity index is 2.93. The first kappa shape index (κ1) is 16.4. The van der Waals surface area contributed by atoms with Gasteiger partial charge in [-0.05, 0) is 37.9 Å². The van der Waals surface area contributed by atoms with Gasteiger partial charge in [0.05, 0.1) is 0 Å². The molecule has 0 amide bonds. The zero-order valence-electron chi connectivity index (χ0n) is 12.8. The van der Waals surface area contributed by atoms with E-state index in [1.54, 1.807) is 0 Å². The number of aryl methyl sites for hydroxylation is 2. The van der Waals surface area contributed by atoms with E-state index >= 15 is 0 Å². The van der Waals surface area contributed by atoms with Gasteiger partial charge < -0.3 is 5.32 Å². The Labute approximate surface area is 120 Å². The highest BCUT2D eigenvalue weighted by Crippen LogP contribution is 2.21. The molecule has 0 aliphatic carbocycles. The lowest BCUT2D eigenvalue weighted by Crippen LogP contribution is -2.29. The predicted octanol–water partition coefficient (Wildman–Crippen LogP) is 3.50. The van der Waals surface area contributed by atoms with Gasteiger partial charge in [0.1, 0.15) is 0 Å². The standard InChI is InChI=1S/C16H27NOS/c1-6-14(5)19(18)11-16(17-7-2)15-10-12(3)8-9-13(15)4/h8-10,14,16-17H,6-7,11H2,1-5H3. The van der Waals surface area contributed by atoms with E-state index < -0.39 is 10.8 Å². The van der Waals surface area contributed by atoms with Crippen molar-refractivity contribution in [2.45, 2.75) is 52.3 Å². The third-order valence-corrected chi connectivity index (χ3v) is 5.51. The first-order valence-corrected chi connectivity index (χ1v) is 8.55. The van der Waals surface area contributed by atoms with Crippen LogP contribution >= 0.6 is 0 Å². The van der Waals surface area contributed by atoms with Crippen molar-refractivity contribution in [2.24, 2.45) is 0 Å². The molecule has 1 N–H and O–H groups in total. The zero-order chi connectivity index (χ0) is 14.4. The molecule has 1 aromatic carbocycles. The molecule has 0 bridgehead atoms. The van der Waals surface area contributed by atoms with E-state index in [0.717, 1.165) is 13.0 Å². The molecule has 1 aromatic rings. The van der Waals surface area contributed by atoms with E-state index in [2.05, 4.69) is 58.1 Å². The van der Waals surface area contributed by atoms with Gasteiger partial charge in [-0.3, -0.25) is 4.21 Å². The van der Waals surface area contributed by atoms with Gasteiger partial charge >= 0.3 is 0 Å². The maximum absolute atomic E-state index is 12.3. The van der Waals surface area contributed by atoms with Crippen LogP contribution < -0.4 is 5.32 Å². The van der Waals surface area contributed by atoms with Crippen LogP contribution in [0.4, 0.5) is 0 Å². The molecule has 108 valence electrons. The highest BCUT2D eigenvalue weighted by atomic mass is 32.2. The van der Waals surface area contributed by atoms with Crippen LogP contribution in [0.15, 0.2) is 18.2 Å². The lowest BCUT2D eigenvalue weighted by atomic mass is 10.00. The maximum Gasteiger partial charge on any atom is 0.0439 e. The van der Waals surface area contributed by atoms with Gasteiger partial charge in [0.25, 0.3) is 0 Å². The molecule has 0 saturated carbocycles. The summed E-state index contributed by atoms with van der Waals surface area (Å²) in [6, 6.07) is 6.70. The van der Waals surface area contributed by atoms with Crippen LogP contribution in [0.2, 0.25) is 0 Å². The number of benzene rings is 1. The second-order valence-electron chi connectivity index (χ2n) is 5.24. The second-order valence-corrected chi connectivity index (χ2v) is 7.14. The molecule has 19 heavy (non-hydrogen) atoms. The largest absolute Gasteiger partial charge is 0.309 e. The monoisotopic (exact) mass is 281 g/mol. The van der Waals surface area contributed by atoms with Crippen molar-refractivity contribution >= 4 is 10.8 Å². The Morgan fingerprint density at radius 3 is 2.53 bits per heavy atom. The predicted molar refractivity (Wildman–Crippen MR) is 85.1 cm³/mol. The van der Waals surface area contributed by atoms with Gasteiger partial charge in [0, 0.05) is 27.8 Å². The van der Waals surface area contributed by atoms with Crippen LogP contribution in [-0.4, -0.2) is 21.8 Å². The molecular weight excluding hydrogens is 254 g/mol. The average molecular weight is 281 g/mol. The van der Waals surface area contributed by atoms with Gasteiger partial charge in [0.15, 0.2) is 0 Å². The fraction of sp³-hybridized carbons (Fsp3) is 0.625. The summed E-state index contributed by atoms with van der Waals surface area (Å²) in [6.07, 6.45) is 0.970. The molecule has 0 spiro atoms. The van der Waals surface area contributed by atoms with Crippen LogP contribution in [0.3, 0.4) is 0 Å². The second kappa shape index (κ2) is 7.81. The summed E-state index contributed by atoms with van der Waals surface area (Å²) < 4.78 is 12.3. The molecule has 0 heterocycles. The summed E-state index contributed by atoms with van der Waals surface area (Å²) in [5.74, 6) is 0.702. The van der Waals surface area contributed by atoms with Crippen LogP contribution in [0.1, 0.15) is 49.9 Å². The minimum atomic E-state index is -0.774. The van der Waals surface area contributed by atoms with Crippen LogP contribution in [0, 0.1) is 13.8 Å². The Bertz CT molecular complexity index is 431. The molecule has 3 unspecified atom stereocenters. The smallest absolute Gasteiger partial charge is 0.0439 e. The number of hydrogen-bond donors (Lipinski definition) is 1. The van der Waals surface area contributed by atoms with Crippen molar-refractivity contribution in [1.29, 1.82) is 0 Å². The molecule has 0 aliphatic rings. The van der Waals surface area contributed by atoms with Gasteiger partial charge in [0.2, 0.25) is 0 Å². The van der Waals surface area contributed by atoms with Crippen LogP contribution in [0.5, 0.6) is 0 Å². The summed E-state index contributed by atoms with van der Waals surface area (Å²) in [5.41, 5.74) is 3.83. The summed E-state index contributed by atoms with van der Waals surface area (Å²) in [6.45, 7) is 11.4. The molecule has 0 fully saturated rings. The van der Waals surface area contributed by atoms with E-state index in [-0.39, 0.29) is 11.3 Å². The molecule has 1 rings (SSSR count). The summed E-state index contributed by atoms with van der Waals surface area (Å²) in [5, 5.41) is 3.75. The van der Waals surface area contributed by atoms with Crippen molar-refractivity contribution < 1.29 is 4.21 Å². The topological polar surface area (TPSA) is 29.1 Å². The normalized spacial score (nSPS) is 16.1. The molecular formula is C16H27NOS. The SMILES string of the molecule is CCNC(CS(=O)C(C)CC)c1cc(C)ccc1C. The van der Waals surface area contributed by atoms with E-state index in [9.17, 15) is 4.21 Å². The average Bonchev–Trinajstić information content (AvgIpc) is 2.40. The molecule has 0 saturated heterocycles. The van der Waals surface area contributed by atoms with E-state index in [0.29, 0.717) is 5.75 Å². The van der Waals surface area contributed by atoms with Crippen molar-refractivity contribution in [3.63, 3.8) is 0 Å². The lowest BCUT2D eigenvalue weighted by Gasteiger charge is -2.22. The first-order valence-electron chi connectivity index (χ1n) is 7.17. The van der Waals surface area contributed by atoms with Gasteiger partial charge in [-0.2, -0.15) is 0 Å². The van der Waals surface area contributed by atoms with E-state index in [1.807, 2.05) is 0 Å². The third kappa shape index (κ3) is 4.73. The van der Waals surface area contributed by atoms with Crippen molar-refractivity contribution in [3.8, 4) is 0 Å². The quantitative estimate of drug-likeness (QED) is 0.829. The lowest BCUT2D eigenvalue weighted by molar-refractivity contribution is 0.588. The summed E-state index contributed by atoms with van der Waals surface area (Å²) >= 11 is 0. The highest BCUT2D eigenvalue weighted by molar-refractivity contribution is 7.85. The Morgan fingerprint density at radius 2 is 1.95 bits per heavy atom. The number of hydrogen-bond acceptors (Lipinski definition) is 2. The molecule has 2 nitrogen and oxygen atoms in total. The Hall–Kier alpha value is -0.670. The van der Waals surface area contributed by atoms with Gasteiger partial charge in [-0.1, -0.05) is 44.5 Å². The molecule has 3 atom stereocenters. The van der Waals surface area contributed by atoms with Crippen LogP contribution in [0.25, 0.3) is 0 Å². The van der Waals surface area contributed by atoms with E-state index in [1.165, 1.54) is 16.7 Å². The molecule has 0 aliphatic heterocycles. The molecule has 3 heteroatoms. The summed E-state index contributed by atoms with van der Waals surface area (Å²) in [4.78, 5) is 0. The van der Waals surface area contributed by atoms with Gasteiger partial charge in [-0.25, -0.2) is 0 Å². The zero-order valence-corrected chi connectivity index (χ0v) is 13.6. The van der Waals surface area contributed by atoms with Crippen LogP contribution in [-0.2, 0) is 10.8 Å². The minimum absolute atomic E-state index is 0.194. The summed E-state index contributed by atoms with van der Waals surface area (Å²) in [7, 11) is -0.774. The Morgan fingerprint density at radius 1 is 1.26 bits per heavy atom. The first-order chi connectivity index (χ1) is 8.99. The van der Waals surface area contributed by atoms with Crippen molar-refractivity contribution in [3.05, 3.63) is 34.9 Å². The minimum Gasteiger partial charge on any atom is -0.309 e. The number of rotatable bonds is 7. The van der Waals surface area contributed by atoms with Crippen molar-refractivity contribution in [2.75, 3.05) is 12.3 Å². The Kier molecular flexibility index (Phi) is 6.73. The maximum atomic E-state index is 12.3. The van der Waals surface area contributed by atoms with Gasteiger partial charge in [-0.15, -0.1) is 0 Å². The molecule has 0 radical (unpaired) electrons. The highest BCUT2D eigenvalue weighted by Gasteiger charge is 2.19. The fourth-order valence-electron chi connectivity index (χ4n) is 2.15. The number of nitrogens with one attached hydrogen (secondary N) is 1. The van der Waals surface area contributed by atoms with E-state index in [4.69, 9.17) is 0 Å².